The van der Waals surface area contributed by atoms with Crippen molar-refractivity contribution >= 4 is 21.5 Å². The van der Waals surface area contributed by atoms with Gasteiger partial charge in [0.15, 0.2) is 0 Å². The summed E-state index contributed by atoms with van der Waals surface area (Å²) in [5.41, 5.74) is 1.27. The third kappa shape index (κ3) is 4.79. The van der Waals surface area contributed by atoms with Crippen LogP contribution in [-0.4, -0.2) is 0 Å². The van der Waals surface area contributed by atoms with E-state index in [1.807, 2.05) is 12.1 Å². The van der Waals surface area contributed by atoms with Crippen LogP contribution in [0, 0.1) is 5.82 Å². The lowest BCUT2D eigenvalue weighted by Crippen LogP contribution is -2.04. The van der Waals surface area contributed by atoms with Crippen LogP contribution in [0.25, 0.3) is 32.7 Å². The maximum absolute atomic E-state index is 15.0. The Morgan fingerprint density at radius 1 is 0.688 bits per heavy atom. The topological polar surface area (TPSA) is 0 Å². The zero-order valence-corrected chi connectivity index (χ0v) is 18.1. The van der Waals surface area contributed by atoms with Crippen LogP contribution < -0.4 is 0 Å². The monoisotopic (exact) mass is 438 g/mol. The number of unbranched alkanes of at least 4 members (excludes halogenated alkanes) is 4. The molecule has 4 rings (SSSR count). The Balaban J connectivity index is 1.63. The first kappa shape index (κ1) is 22.3. The molecule has 32 heavy (non-hydrogen) atoms. The summed E-state index contributed by atoms with van der Waals surface area (Å²) in [4.78, 5) is 0. The van der Waals surface area contributed by atoms with Crippen LogP contribution in [0.1, 0.15) is 50.2 Å². The first-order valence-electron chi connectivity index (χ1n) is 11.2. The molecule has 0 atom stereocenters. The lowest BCUT2D eigenvalue weighted by Gasteiger charge is -2.11. The van der Waals surface area contributed by atoms with Gasteiger partial charge in [0.05, 0.1) is 5.56 Å². The molecule has 0 fully saturated rings. The first-order valence-corrected chi connectivity index (χ1v) is 11.2. The highest BCUT2D eigenvalue weighted by Crippen LogP contribution is 2.35. The Hall–Kier alpha value is -2.88. The second-order valence-electron chi connectivity index (χ2n) is 8.41. The van der Waals surface area contributed by atoms with Gasteiger partial charge < -0.3 is 0 Å². The maximum Gasteiger partial charge on any atom is 0.416 e. The van der Waals surface area contributed by atoms with Crippen LogP contribution in [0.2, 0.25) is 0 Å². The minimum absolute atomic E-state index is 0.300. The number of rotatable bonds is 7. The van der Waals surface area contributed by atoms with Crippen LogP contribution in [0.15, 0.2) is 66.7 Å². The largest absolute Gasteiger partial charge is 0.416 e. The van der Waals surface area contributed by atoms with Gasteiger partial charge in [-0.05, 0) is 69.8 Å². The minimum Gasteiger partial charge on any atom is -0.206 e. The summed E-state index contributed by atoms with van der Waals surface area (Å²) >= 11 is 0. The van der Waals surface area contributed by atoms with Crippen molar-refractivity contribution in [3.8, 4) is 11.1 Å². The predicted octanol–water partition coefficient (Wildman–Crippen LogP) is 9.33. The predicted molar refractivity (Wildman–Crippen MR) is 124 cm³/mol. The number of aryl methyl sites for hydroxylation is 1. The van der Waals surface area contributed by atoms with E-state index >= 15 is 0 Å². The number of hydrogen-bond donors (Lipinski definition) is 0. The smallest absolute Gasteiger partial charge is 0.206 e. The molecule has 0 N–H and O–H groups in total. The molecule has 0 heterocycles. The molecule has 0 aliphatic carbocycles. The molecular weight excluding hydrogens is 412 g/mol. The Labute approximate surface area is 185 Å². The molecule has 0 nitrogen and oxygen atoms in total. The zero-order valence-electron chi connectivity index (χ0n) is 18.1. The van der Waals surface area contributed by atoms with Gasteiger partial charge in [0.2, 0.25) is 0 Å². The molecule has 0 spiro atoms. The second-order valence-corrected chi connectivity index (χ2v) is 8.41. The third-order valence-electron chi connectivity index (χ3n) is 6.08. The molecule has 0 aliphatic rings. The Kier molecular flexibility index (Phi) is 6.50. The van der Waals surface area contributed by atoms with Crippen LogP contribution >= 0.6 is 0 Å². The average molecular weight is 439 g/mol. The van der Waals surface area contributed by atoms with E-state index in [1.165, 1.54) is 55.9 Å². The molecule has 0 bridgehead atoms. The fourth-order valence-electron chi connectivity index (χ4n) is 4.28. The van der Waals surface area contributed by atoms with Crippen molar-refractivity contribution < 1.29 is 17.6 Å². The van der Waals surface area contributed by atoms with Crippen molar-refractivity contribution in [3.63, 3.8) is 0 Å². The van der Waals surface area contributed by atoms with Gasteiger partial charge in [-0.1, -0.05) is 75.1 Å². The van der Waals surface area contributed by atoms with Crippen molar-refractivity contribution in [2.24, 2.45) is 0 Å². The van der Waals surface area contributed by atoms with Gasteiger partial charge in [0.25, 0.3) is 0 Å². The lowest BCUT2D eigenvalue weighted by atomic mass is 9.95. The first-order chi connectivity index (χ1) is 15.4. The number of benzene rings is 4. The van der Waals surface area contributed by atoms with Crippen molar-refractivity contribution in [3.05, 3.63) is 83.7 Å². The maximum atomic E-state index is 15.0. The molecule has 0 aliphatic heterocycles. The minimum atomic E-state index is -4.41. The molecule has 4 aromatic rings. The fraction of sp³-hybridized carbons (Fsp3) is 0.286. The van der Waals surface area contributed by atoms with Crippen LogP contribution in [-0.2, 0) is 12.6 Å². The van der Waals surface area contributed by atoms with Crippen molar-refractivity contribution in [1.29, 1.82) is 0 Å². The summed E-state index contributed by atoms with van der Waals surface area (Å²) in [7, 11) is 0. The highest BCUT2D eigenvalue weighted by molar-refractivity contribution is 6.08. The molecule has 0 amide bonds. The van der Waals surface area contributed by atoms with Crippen LogP contribution in [0.5, 0.6) is 0 Å². The summed E-state index contributed by atoms with van der Waals surface area (Å²) in [5, 5.41) is 3.73. The van der Waals surface area contributed by atoms with Crippen LogP contribution in [0.3, 0.4) is 0 Å². The highest BCUT2D eigenvalue weighted by Gasteiger charge is 2.30. The third-order valence-corrected chi connectivity index (χ3v) is 6.08. The zero-order chi connectivity index (χ0) is 22.7. The molecule has 0 radical (unpaired) electrons. The number of alkyl halides is 3. The van der Waals surface area contributed by atoms with E-state index in [4.69, 9.17) is 0 Å². The summed E-state index contributed by atoms with van der Waals surface area (Å²) in [5.74, 6) is -0.440. The van der Waals surface area contributed by atoms with E-state index in [1.54, 1.807) is 6.07 Å². The summed E-state index contributed by atoms with van der Waals surface area (Å²) in [6.07, 6.45) is 2.83. The van der Waals surface area contributed by atoms with Gasteiger partial charge in [-0.3, -0.25) is 0 Å². The van der Waals surface area contributed by atoms with Gasteiger partial charge in [-0.2, -0.15) is 13.2 Å². The van der Waals surface area contributed by atoms with Gasteiger partial charge >= 0.3 is 6.18 Å². The number of fused-ring (bicyclic) bond motifs is 3. The van der Waals surface area contributed by atoms with E-state index in [0.29, 0.717) is 11.1 Å². The average Bonchev–Trinajstić information content (AvgIpc) is 2.78. The Morgan fingerprint density at radius 2 is 1.38 bits per heavy atom. The Morgan fingerprint density at radius 3 is 2.06 bits per heavy atom. The summed E-state index contributed by atoms with van der Waals surface area (Å²) < 4.78 is 53.5. The van der Waals surface area contributed by atoms with Crippen molar-refractivity contribution in [2.75, 3.05) is 0 Å². The van der Waals surface area contributed by atoms with Gasteiger partial charge in [-0.25, -0.2) is 4.39 Å². The highest BCUT2D eigenvalue weighted by atomic mass is 19.4. The molecule has 166 valence electrons. The van der Waals surface area contributed by atoms with Crippen molar-refractivity contribution in [1.82, 2.24) is 0 Å². The van der Waals surface area contributed by atoms with Crippen LogP contribution in [0.4, 0.5) is 17.6 Å². The standard InChI is InChI=1S/C28H26F4/c1-2-3-4-5-6-7-19-8-15-24-21(16-19)9-10-22-17-26(27(29)18-25(22)24)20-11-13-23(14-12-20)28(30,31)32/h8-18H,2-7H2,1H3. The normalized spacial score (nSPS) is 12.0. The van der Waals surface area contributed by atoms with Gasteiger partial charge in [-0.15, -0.1) is 0 Å². The van der Waals surface area contributed by atoms with Crippen molar-refractivity contribution in [2.45, 2.75) is 51.6 Å². The van der Waals surface area contributed by atoms with E-state index in [9.17, 15) is 17.6 Å². The van der Waals surface area contributed by atoms with E-state index in [2.05, 4.69) is 25.1 Å². The molecule has 0 unspecified atom stereocenters. The SMILES string of the molecule is CCCCCCCc1ccc2c(ccc3cc(-c4ccc(C(F)(F)F)cc4)c(F)cc32)c1. The molecule has 0 saturated carbocycles. The van der Waals surface area contributed by atoms with Gasteiger partial charge in [0, 0.05) is 5.56 Å². The van der Waals surface area contributed by atoms with E-state index < -0.39 is 17.6 Å². The fourth-order valence-corrected chi connectivity index (χ4v) is 4.28. The summed E-state index contributed by atoms with van der Waals surface area (Å²) in [6, 6.07) is 18.2. The molecule has 0 aromatic heterocycles. The number of hydrogen-bond acceptors (Lipinski definition) is 0. The lowest BCUT2D eigenvalue weighted by molar-refractivity contribution is -0.137. The molecule has 4 aromatic carbocycles. The number of halogens is 4. The molecule has 0 saturated heterocycles. The summed E-state index contributed by atoms with van der Waals surface area (Å²) in [6.45, 7) is 2.21. The van der Waals surface area contributed by atoms with E-state index in [0.717, 1.165) is 40.1 Å². The molecular formula is C28H26F4. The quantitative estimate of drug-likeness (QED) is 0.153. The van der Waals surface area contributed by atoms with Gasteiger partial charge in [0.1, 0.15) is 5.82 Å². The molecule has 4 heteroatoms. The van der Waals surface area contributed by atoms with E-state index in [-0.39, 0.29) is 0 Å². The second kappa shape index (κ2) is 9.32. The Bertz CT molecular complexity index is 1220.